The normalized spacial score (nSPS) is 10.3. The maximum absolute atomic E-state index is 9.17. The van der Waals surface area contributed by atoms with Crippen LogP contribution in [0, 0.1) is 11.3 Å². The van der Waals surface area contributed by atoms with Crippen molar-refractivity contribution in [2.75, 3.05) is 18.1 Å². The number of nitrogens with one attached hydrogen (secondary N) is 1. The van der Waals surface area contributed by atoms with E-state index >= 15 is 0 Å². The zero-order valence-electron chi connectivity index (χ0n) is 9.06. The van der Waals surface area contributed by atoms with E-state index in [-0.39, 0.29) is 0 Å². The van der Waals surface area contributed by atoms with Crippen molar-refractivity contribution in [2.45, 2.75) is 11.9 Å². The highest BCUT2D eigenvalue weighted by Crippen LogP contribution is 2.25. The lowest BCUT2D eigenvalue weighted by molar-refractivity contribution is 0.903. The summed E-state index contributed by atoms with van der Waals surface area (Å²) in [6.45, 7) is 2.72. The van der Waals surface area contributed by atoms with Crippen LogP contribution in [0.3, 0.4) is 0 Å². The summed E-state index contributed by atoms with van der Waals surface area (Å²) in [6.07, 6.45) is 3.58. The number of aromatic nitrogens is 3. The average Bonchev–Trinajstić information content (AvgIpc) is 2.76. The van der Waals surface area contributed by atoms with Gasteiger partial charge in [0.25, 0.3) is 0 Å². The number of fused-ring (bicyclic) bond motifs is 1. The first-order valence-electron chi connectivity index (χ1n) is 4.87. The van der Waals surface area contributed by atoms with Gasteiger partial charge in [0.1, 0.15) is 16.7 Å². The van der Waals surface area contributed by atoms with Gasteiger partial charge >= 0.3 is 0 Å². The highest BCUT2D eigenvalue weighted by molar-refractivity contribution is 7.98. The van der Waals surface area contributed by atoms with Crippen LogP contribution in [0.25, 0.3) is 5.65 Å². The Bertz CT molecular complexity index is 554. The monoisotopic (exact) mass is 233 g/mol. The van der Waals surface area contributed by atoms with E-state index in [1.54, 1.807) is 10.7 Å². The molecule has 2 heterocycles. The van der Waals surface area contributed by atoms with E-state index in [4.69, 9.17) is 5.26 Å². The number of hydrogen-bond donors (Lipinski definition) is 1. The van der Waals surface area contributed by atoms with Gasteiger partial charge < -0.3 is 5.32 Å². The third-order valence-electron chi connectivity index (χ3n) is 2.15. The Hall–Kier alpha value is -1.74. The molecule has 16 heavy (non-hydrogen) atoms. The Kier molecular flexibility index (Phi) is 2.97. The predicted octanol–water partition coefficient (Wildman–Crippen LogP) is 1.75. The van der Waals surface area contributed by atoms with Crippen molar-refractivity contribution in [3.05, 3.63) is 17.8 Å². The van der Waals surface area contributed by atoms with Crippen LogP contribution in [-0.4, -0.2) is 27.4 Å². The highest BCUT2D eigenvalue weighted by Gasteiger charge is 2.14. The van der Waals surface area contributed by atoms with Crippen LogP contribution in [-0.2, 0) is 0 Å². The van der Waals surface area contributed by atoms with Crippen LogP contribution in [0.1, 0.15) is 12.5 Å². The van der Waals surface area contributed by atoms with Gasteiger partial charge in [-0.1, -0.05) is 0 Å². The van der Waals surface area contributed by atoms with Gasteiger partial charge in [-0.05, 0) is 13.2 Å². The third-order valence-corrected chi connectivity index (χ3v) is 2.83. The van der Waals surface area contributed by atoms with Gasteiger partial charge in [0.15, 0.2) is 11.5 Å². The number of thioether (sulfide) groups is 1. The second-order valence-electron chi connectivity index (χ2n) is 3.09. The van der Waals surface area contributed by atoms with Crippen LogP contribution >= 0.6 is 11.8 Å². The minimum Gasteiger partial charge on any atom is -0.369 e. The molecule has 0 aliphatic rings. The lowest BCUT2D eigenvalue weighted by Gasteiger charge is -2.10. The topological polar surface area (TPSA) is 66.0 Å². The van der Waals surface area contributed by atoms with Crippen molar-refractivity contribution in [1.82, 2.24) is 14.6 Å². The van der Waals surface area contributed by atoms with Crippen molar-refractivity contribution in [3.63, 3.8) is 0 Å². The Morgan fingerprint density at radius 2 is 2.44 bits per heavy atom. The Morgan fingerprint density at radius 3 is 3.06 bits per heavy atom. The van der Waals surface area contributed by atoms with Gasteiger partial charge in [-0.15, -0.1) is 11.8 Å². The van der Waals surface area contributed by atoms with E-state index in [9.17, 15) is 0 Å². The SMILES string of the molecule is CCNc1c(C#N)c(SC)nc2ccnn12. The fourth-order valence-electron chi connectivity index (χ4n) is 1.50. The summed E-state index contributed by atoms with van der Waals surface area (Å²) in [5.41, 5.74) is 1.30. The molecule has 0 aliphatic carbocycles. The van der Waals surface area contributed by atoms with Crippen LogP contribution < -0.4 is 5.32 Å². The maximum Gasteiger partial charge on any atom is 0.158 e. The average molecular weight is 233 g/mol. The Morgan fingerprint density at radius 1 is 1.62 bits per heavy atom. The maximum atomic E-state index is 9.17. The smallest absolute Gasteiger partial charge is 0.158 e. The molecule has 0 amide bonds. The van der Waals surface area contributed by atoms with Gasteiger partial charge in [0.2, 0.25) is 0 Å². The number of nitriles is 1. The van der Waals surface area contributed by atoms with Crippen LogP contribution in [0.2, 0.25) is 0 Å². The molecule has 0 saturated heterocycles. The molecule has 0 aromatic carbocycles. The standard InChI is InChI=1S/C10H11N5S/c1-3-12-9-7(6-11)10(16-2)14-8-4-5-13-15(8)9/h4-5,12H,3H2,1-2H3. The summed E-state index contributed by atoms with van der Waals surface area (Å²) < 4.78 is 1.65. The first-order valence-corrected chi connectivity index (χ1v) is 6.10. The molecule has 82 valence electrons. The molecule has 5 nitrogen and oxygen atoms in total. The second-order valence-corrected chi connectivity index (χ2v) is 3.88. The van der Waals surface area contributed by atoms with Gasteiger partial charge in [0.05, 0.1) is 6.20 Å². The quantitative estimate of drug-likeness (QED) is 0.646. The van der Waals surface area contributed by atoms with Gasteiger partial charge in [-0.25, -0.2) is 4.98 Å². The molecule has 0 unspecified atom stereocenters. The highest BCUT2D eigenvalue weighted by atomic mass is 32.2. The summed E-state index contributed by atoms with van der Waals surface area (Å²) in [4.78, 5) is 4.37. The van der Waals surface area contributed by atoms with Crippen molar-refractivity contribution in [2.24, 2.45) is 0 Å². The fourth-order valence-corrected chi connectivity index (χ4v) is 2.03. The van der Waals surface area contributed by atoms with E-state index in [2.05, 4.69) is 21.5 Å². The molecular formula is C10H11N5S. The van der Waals surface area contributed by atoms with Gasteiger partial charge in [-0.3, -0.25) is 0 Å². The number of anilines is 1. The molecule has 0 radical (unpaired) electrons. The molecule has 0 bridgehead atoms. The number of rotatable bonds is 3. The van der Waals surface area contributed by atoms with Crippen LogP contribution in [0.15, 0.2) is 17.3 Å². The molecular weight excluding hydrogens is 222 g/mol. The van der Waals surface area contributed by atoms with E-state index in [1.165, 1.54) is 11.8 Å². The fraction of sp³-hybridized carbons (Fsp3) is 0.300. The molecule has 0 atom stereocenters. The minimum atomic E-state index is 0.547. The molecule has 0 spiro atoms. The zero-order chi connectivity index (χ0) is 11.5. The van der Waals surface area contributed by atoms with Crippen molar-refractivity contribution >= 4 is 23.2 Å². The van der Waals surface area contributed by atoms with Gasteiger partial charge in [0, 0.05) is 12.6 Å². The number of nitrogens with zero attached hydrogens (tertiary/aromatic N) is 4. The molecule has 2 aromatic heterocycles. The summed E-state index contributed by atoms with van der Waals surface area (Å²) in [5, 5.41) is 17.2. The Labute approximate surface area is 97.5 Å². The van der Waals surface area contributed by atoms with Gasteiger partial charge in [-0.2, -0.15) is 14.9 Å². The van der Waals surface area contributed by atoms with Crippen molar-refractivity contribution in [3.8, 4) is 6.07 Å². The van der Waals surface area contributed by atoms with Crippen molar-refractivity contribution < 1.29 is 0 Å². The van der Waals surface area contributed by atoms with E-state index in [0.29, 0.717) is 11.4 Å². The van der Waals surface area contributed by atoms with Crippen molar-refractivity contribution in [1.29, 1.82) is 5.26 Å². The third kappa shape index (κ3) is 1.59. The molecule has 2 rings (SSSR count). The molecule has 6 heteroatoms. The second kappa shape index (κ2) is 4.41. The summed E-state index contributed by atoms with van der Waals surface area (Å²) in [5.74, 6) is 0.712. The van der Waals surface area contributed by atoms with E-state index in [1.807, 2.05) is 19.2 Å². The largest absolute Gasteiger partial charge is 0.369 e. The predicted molar refractivity (Wildman–Crippen MR) is 63.6 cm³/mol. The number of hydrogen-bond acceptors (Lipinski definition) is 5. The summed E-state index contributed by atoms with van der Waals surface area (Å²) in [7, 11) is 0. The van der Waals surface area contributed by atoms with E-state index < -0.39 is 0 Å². The molecule has 0 fully saturated rings. The first kappa shape index (κ1) is 10.8. The molecule has 0 aliphatic heterocycles. The van der Waals surface area contributed by atoms with Crippen LogP contribution in [0.5, 0.6) is 0 Å². The molecule has 2 aromatic rings. The first-order chi connectivity index (χ1) is 7.81. The minimum absolute atomic E-state index is 0.547. The Balaban J connectivity index is 2.77. The zero-order valence-corrected chi connectivity index (χ0v) is 9.88. The van der Waals surface area contributed by atoms with E-state index in [0.717, 1.165) is 17.2 Å². The lowest BCUT2D eigenvalue weighted by atomic mass is 10.3. The summed E-state index contributed by atoms with van der Waals surface area (Å²) in [6, 6.07) is 4.00. The van der Waals surface area contributed by atoms with Crippen LogP contribution in [0.4, 0.5) is 5.82 Å². The molecule has 0 saturated carbocycles. The lowest BCUT2D eigenvalue weighted by Crippen LogP contribution is -2.08. The molecule has 1 N–H and O–H groups in total. The summed E-state index contributed by atoms with van der Waals surface area (Å²) >= 11 is 1.46.